The van der Waals surface area contributed by atoms with Crippen LogP contribution in [0.5, 0.6) is 0 Å². The first-order valence-electron chi connectivity index (χ1n) is 6.91. The molecular weight excluding hydrogens is 365 g/mol. The second kappa shape index (κ2) is 8.27. The van der Waals surface area contributed by atoms with E-state index in [1.165, 1.54) is 12.1 Å². The molecular formula is C16H13Cl2N5O2. The monoisotopic (exact) mass is 377 g/mol. The molecule has 2 aromatic rings. The Kier molecular flexibility index (Phi) is 6.10. The van der Waals surface area contributed by atoms with Crippen LogP contribution < -0.4 is 11.5 Å². The van der Waals surface area contributed by atoms with Crippen molar-refractivity contribution in [2.75, 3.05) is 0 Å². The molecule has 0 aliphatic heterocycles. The van der Waals surface area contributed by atoms with Gasteiger partial charge in [-0.3, -0.25) is 10.1 Å². The zero-order valence-corrected chi connectivity index (χ0v) is 14.3. The van der Waals surface area contributed by atoms with Gasteiger partial charge in [0.2, 0.25) is 5.96 Å². The number of benzene rings is 2. The molecule has 128 valence electrons. The Morgan fingerprint density at radius 3 is 2.52 bits per heavy atom. The second-order valence-corrected chi connectivity index (χ2v) is 5.66. The first-order chi connectivity index (χ1) is 11.9. The van der Waals surface area contributed by atoms with Gasteiger partial charge >= 0.3 is 0 Å². The van der Waals surface area contributed by atoms with Crippen LogP contribution in [0.2, 0.25) is 10.0 Å². The van der Waals surface area contributed by atoms with Crippen LogP contribution in [-0.2, 0) is 0 Å². The van der Waals surface area contributed by atoms with Crippen LogP contribution in [0, 0.1) is 10.1 Å². The molecule has 0 saturated heterocycles. The standard InChI is InChI=1S/C16H13Cl2N5O2/c17-11-5-6-13(14(18)9-11)15(21-22-16(19)20)7-4-10-2-1-3-12(8-10)23(24)25/h1-9H,(H4,19,20,22)/b7-4+,21-15-. The Bertz CT molecular complexity index is 890. The summed E-state index contributed by atoms with van der Waals surface area (Å²) >= 11 is 12.1. The van der Waals surface area contributed by atoms with Gasteiger partial charge in [-0.05, 0) is 29.8 Å². The maximum absolute atomic E-state index is 10.8. The fourth-order valence-electron chi connectivity index (χ4n) is 1.90. The van der Waals surface area contributed by atoms with E-state index in [0.717, 1.165) is 0 Å². The van der Waals surface area contributed by atoms with E-state index in [2.05, 4.69) is 10.2 Å². The minimum absolute atomic E-state index is 0.0191. The number of halogens is 2. The van der Waals surface area contributed by atoms with Gasteiger partial charge in [-0.2, -0.15) is 0 Å². The third-order valence-corrected chi connectivity index (χ3v) is 3.54. The highest BCUT2D eigenvalue weighted by Crippen LogP contribution is 2.23. The van der Waals surface area contributed by atoms with Crippen molar-refractivity contribution in [1.82, 2.24) is 0 Å². The van der Waals surface area contributed by atoms with Crippen molar-refractivity contribution in [2.24, 2.45) is 21.7 Å². The molecule has 7 nitrogen and oxygen atoms in total. The number of hydrogen-bond donors (Lipinski definition) is 2. The van der Waals surface area contributed by atoms with Crippen molar-refractivity contribution in [2.45, 2.75) is 0 Å². The highest BCUT2D eigenvalue weighted by Gasteiger charge is 2.08. The number of non-ortho nitro benzene ring substituents is 1. The molecule has 0 atom stereocenters. The van der Waals surface area contributed by atoms with E-state index in [-0.39, 0.29) is 11.6 Å². The Morgan fingerprint density at radius 1 is 1.12 bits per heavy atom. The minimum atomic E-state index is -0.470. The normalized spacial score (nSPS) is 11.5. The number of nitro benzene ring substituents is 1. The number of nitrogens with zero attached hydrogens (tertiary/aromatic N) is 3. The molecule has 0 aromatic heterocycles. The summed E-state index contributed by atoms with van der Waals surface area (Å²) in [6.07, 6.45) is 3.24. The van der Waals surface area contributed by atoms with Crippen LogP contribution in [-0.4, -0.2) is 16.6 Å². The molecule has 0 aliphatic rings. The molecule has 0 radical (unpaired) electrons. The van der Waals surface area contributed by atoms with Gasteiger partial charge < -0.3 is 11.5 Å². The SMILES string of the molecule is NC(N)=N/N=C(/C=C/c1cccc([N+](=O)[O-])c1)c1ccc(Cl)cc1Cl. The number of guanidine groups is 1. The molecule has 0 spiro atoms. The quantitative estimate of drug-likeness (QED) is 0.357. The fraction of sp³-hybridized carbons (Fsp3) is 0. The van der Waals surface area contributed by atoms with Gasteiger partial charge in [0.1, 0.15) is 0 Å². The van der Waals surface area contributed by atoms with Gasteiger partial charge in [0, 0.05) is 22.7 Å². The molecule has 4 N–H and O–H groups in total. The average Bonchev–Trinajstić information content (AvgIpc) is 2.56. The summed E-state index contributed by atoms with van der Waals surface area (Å²) in [5, 5.41) is 19.3. The summed E-state index contributed by atoms with van der Waals surface area (Å²) in [7, 11) is 0. The maximum atomic E-state index is 10.8. The van der Waals surface area contributed by atoms with Crippen LogP contribution in [0.1, 0.15) is 11.1 Å². The molecule has 0 unspecified atom stereocenters. The second-order valence-electron chi connectivity index (χ2n) is 4.82. The maximum Gasteiger partial charge on any atom is 0.270 e. The number of nitrogens with two attached hydrogens (primary N) is 2. The molecule has 25 heavy (non-hydrogen) atoms. The predicted octanol–water partition coefficient (Wildman–Crippen LogP) is 3.59. The van der Waals surface area contributed by atoms with Gasteiger partial charge in [0.25, 0.3) is 5.69 Å². The number of nitro groups is 1. The summed E-state index contributed by atoms with van der Waals surface area (Å²) < 4.78 is 0. The van der Waals surface area contributed by atoms with Gasteiger partial charge in [-0.15, -0.1) is 10.2 Å². The molecule has 2 aromatic carbocycles. The van der Waals surface area contributed by atoms with Crippen molar-refractivity contribution in [3.8, 4) is 0 Å². The van der Waals surface area contributed by atoms with Crippen molar-refractivity contribution in [3.05, 3.63) is 79.8 Å². The van der Waals surface area contributed by atoms with Gasteiger partial charge in [-0.1, -0.05) is 41.4 Å². The van der Waals surface area contributed by atoms with Crippen molar-refractivity contribution in [3.63, 3.8) is 0 Å². The van der Waals surface area contributed by atoms with Gasteiger partial charge in [-0.25, -0.2) is 0 Å². The average molecular weight is 378 g/mol. The lowest BCUT2D eigenvalue weighted by Crippen LogP contribution is -2.22. The van der Waals surface area contributed by atoms with E-state index in [9.17, 15) is 10.1 Å². The molecule has 0 fully saturated rings. The Morgan fingerprint density at radius 2 is 1.88 bits per heavy atom. The number of rotatable bonds is 5. The largest absolute Gasteiger partial charge is 0.369 e. The minimum Gasteiger partial charge on any atom is -0.369 e. The van der Waals surface area contributed by atoms with Crippen LogP contribution in [0.3, 0.4) is 0 Å². The molecule has 0 aliphatic carbocycles. The van der Waals surface area contributed by atoms with Crippen molar-refractivity contribution < 1.29 is 4.92 Å². The topological polar surface area (TPSA) is 120 Å². The number of allylic oxidation sites excluding steroid dienone is 1. The van der Waals surface area contributed by atoms with Crippen molar-refractivity contribution in [1.29, 1.82) is 0 Å². The van der Waals surface area contributed by atoms with E-state index in [1.807, 2.05) is 0 Å². The van der Waals surface area contributed by atoms with Crippen LogP contribution in [0.25, 0.3) is 6.08 Å². The smallest absolute Gasteiger partial charge is 0.270 e. The predicted molar refractivity (Wildman–Crippen MR) is 101 cm³/mol. The molecule has 9 heteroatoms. The third-order valence-electron chi connectivity index (χ3n) is 2.99. The molecule has 0 amide bonds. The summed E-state index contributed by atoms with van der Waals surface area (Å²) in [5.41, 5.74) is 12.1. The summed E-state index contributed by atoms with van der Waals surface area (Å²) in [6.45, 7) is 0. The van der Waals surface area contributed by atoms with Crippen LogP contribution in [0.4, 0.5) is 5.69 Å². The van der Waals surface area contributed by atoms with E-state index in [1.54, 1.807) is 42.5 Å². The van der Waals surface area contributed by atoms with E-state index < -0.39 is 4.92 Å². The van der Waals surface area contributed by atoms with Gasteiger partial charge in [0.15, 0.2) is 0 Å². The first kappa shape index (κ1) is 18.4. The Balaban J connectivity index is 2.43. The van der Waals surface area contributed by atoms with Crippen LogP contribution >= 0.6 is 23.2 Å². The molecule has 2 rings (SSSR count). The van der Waals surface area contributed by atoms with E-state index in [4.69, 9.17) is 34.7 Å². The summed E-state index contributed by atoms with van der Waals surface area (Å²) in [5.74, 6) is -0.216. The highest BCUT2D eigenvalue weighted by molar-refractivity contribution is 6.37. The first-order valence-corrected chi connectivity index (χ1v) is 7.67. The van der Waals surface area contributed by atoms with E-state index >= 15 is 0 Å². The zero-order valence-electron chi connectivity index (χ0n) is 12.8. The fourth-order valence-corrected chi connectivity index (χ4v) is 2.41. The summed E-state index contributed by atoms with van der Waals surface area (Å²) in [6, 6.07) is 11.0. The van der Waals surface area contributed by atoms with Crippen LogP contribution in [0.15, 0.2) is 58.7 Å². The van der Waals surface area contributed by atoms with Crippen molar-refractivity contribution >= 4 is 46.6 Å². The lowest BCUT2D eigenvalue weighted by Gasteiger charge is -2.04. The summed E-state index contributed by atoms with van der Waals surface area (Å²) in [4.78, 5) is 10.4. The zero-order chi connectivity index (χ0) is 18.4. The molecule has 0 heterocycles. The lowest BCUT2D eigenvalue weighted by molar-refractivity contribution is -0.384. The lowest BCUT2D eigenvalue weighted by atomic mass is 10.1. The molecule has 0 bridgehead atoms. The molecule has 0 saturated carbocycles. The van der Waals surface area contributed by atoms with Gasteiger partial charge in [0.05, 0.1) is 15.7 Å². The third kappa shape index (κ3) is 5.30. The Labute approximate surface area is 153 Å². The number of hydrogen-bond acceptors (Lipinski definition) is 4. The Hall–Kier alpha value is -2.90. The highest BCUT2D eigenvalue weighted by atomic mass is 35.5. The van der Waals surface area contributed by atoms with E-state index in [0.29, 0.717) is 26.9 Å².